The summed E-state index contributed by atoms with van der Waals surface area (Å²) in [5, 5.41) is 12.3. The normalized spacial score (nSPS) is 11.1. The first-order valence-electron chi connectivity index (χ1n) is 6.44. The van der Waals surface area contributed by atoms with E-state index in [2.05, 4.69) is 29.8 Å². The number of nitrogens with one attached hydrogen (secondary N) is 1. The molecule has 0 aliphatic heterocycles. The number of aliphatic hydroxyl groups excluding tert-OH is 1. The molecule has 0 unspecified atom stereocenters. The predicted molar refractivity (Wildman–Crippen MR) is 73.4 cm³/mol. The molecule has 0 saturated heterocycles. The average Bonchev–Trinajstić information content (AvgIpc) is 2.68. The first kappa shape index (κ1) is 15.0. The number of aliphatic hydroxyl groups is 1. The first-order valence-corrected chi connectivity index (χ1v) is 6.44. The fraction of sp³-hybridized carbons (Fsp3) is 0.571. The van der Waals surface area contributed by atoms with Gasteiger partial charge in [-0.3, -0.25) is 4.90 Å². The molecule has 0 aliphatic rings. The van der Waals surface area contributed by atoms with E-state index in [1.54, 1.807) is 0 Å². The molecule has 2 N–H and O–H groups in total. The van der Waals surface area contributed by atoms with E-state index < -0.39 is 0 Å². The maximum Gasteiger partial charge on any atom is 0.118 e. The highest BCUT2D eigenvalue weighted by Crippen LogP contribution is 2.16. The summed E-state index contributed by atoms with van der Waals surface area (Å²) in [6.45, 7) is 11.9. The third-order valence-corrected chi connectivity index (χ3v) is 2.82. The summed E-state index contributed by atoms with van der Waals surface area (Å²) in [5.74, 6) is 1.92. The predicted octanol–water partition coefficient (Wildman–Crippen LogP) is 1.68. The quantitative estimate of drug-likeness (QED) is 0.657. The molecule has 0 bridgehead atoms. The molecule has 0 aliphatic carbocycles. The van der Waals surface area contributed by atoms with Crippen LogP contribution >= 0.6 is 0 Å². The molecule has 0 radical (unpaired) electrons. The number of hydrogen-bond donors (Lipinski definition) is 2. The highest BCUT2D eigenvalue weighted by molar-refractivity contribution is 5.20. The van der Waals surface area contributed by atoms with Gasteiger partial charge in [-0.1, -0.05) is 13.0 Å². The molecule has 0 fully saturated rings. The fourth-order valence-electron chi connectivity index (χ4n) is 1.88. The van der Waals surface area contributed by atoms with Gasteiger partial charge in [0.15, 0.2) is 0 Å². The van der Waals surface area contributed by atoms with Gasteiger partial charge < -0.3 is 14.8 Å². The molecule has 0 saturated carbocycles. The van der Waals surface area contributed by atoms with Gasteiger partial charge in [0, 0.05) is 25.2 Å². The molecule has 1 aromatic heterocycles. The van der Waals surface area contributed by atoms with Crippen LogP contribution in [0.5, 0.6) is 0 Å². The van der Waals surface area contributed by atoms with Gasteiger partial charge in [-0.2, -0.15) is 0 Å². The van der Waals surface area contributed by atoms with E-state index >= 15 is 0 Å². The van der Waals surface area contributed by atoms with Crippen LogP contribution in [0.2, 0.25) is 0 Å². The topological polar surface area (TPSA) is 48.6 Å². The number of aryl methyl sites for hydroxylation is 1. The van der Waals surface area contributed by atoms with Crippen molar-refractivity contribution in [1.82, 2.24) is 10.2 Å². The number of furan rings is 1. The Morgan fingerprint density at radius 2 is 2.33 bits per heavy atom. The summed E-state index contributed by atoms with van der Waals surface area (Å²) >= 11 is 0. The van der Waals surface area contributed by atoms with Crippen molar-refractivity contribution in [3.05, 3.63) is 35.8 Å². The monoisotopic (exact) mass is 252 g/mol. The Morgan fingerprint density at radius 1 is 1.56 bits per heavy atom. The average molecular weight is 252 g/mol. The lowest BCUT2D eigenvalue weighted by Crippen LogP contribution is -2.26. The molecule has 4 heteroatoms. The van der Waals surface area contributed by atoms with Crippen molar-refractivity contribution in [2.45, 2.75) is 26.9 Å². The van der Waals surface area contributed by atoms with Crippen molar-refractivity contribution in [3.8, 4) is 0 Å². The first-order chi connectivity index (χ1) is 8.71. The summed E-state index contributed by atoms with van der Waals surface area (Å²) < 4.78 is 5.70. The molecule has 1 heterocycles. The summed E-state index contributed by atoms with van der Waals surface area (Å²) in [6.07, 6.45) is 1.85. The molecule has 18 heavy (non-hydrogen) atoms. The Kier molecular flexibility index (Phi) is 6.72. The minimum atomic E-state index is 0.162. The molecule has 0 aromatic carbocycles. The molecule has 0 amide bonds. The zero-order chi connectivity index (χ0) is 13.4. The lowest BCUT2D eigenvalue weighted by Gasteiger charge is -2.18. The maximum atomic E-state index is 9.02. The van der Waals surface area contributed by atoms with Crippen molar-refractivity contribution in [2.24, 2.45) is 0 Å². The Morgan fingerprint density at radius 3 is 2.94 bits per heavy atom. The van der Waals surface area contributed by atoms with Gasteiger partial charge >= 0.3 is 0 Å². The standard InChI is InChI=1S/C14H24N2O2/c1-4-6-16(7-8-17)11-13-9-14(10-15-5-2)18-12(13)3/h4,9,15,17H,1,5-8,10-11H2,2-3H3. The summed E-state index contributed by atoms with van der Waals surface area (Å²) in [7, 11) is 0. The van der Waals surface area contributed by atoms with Crippen LogP contribution < -0.4 is 5.32 Å². The van der Waals surface area contributed by atoms with Crippen molar-refractivity contribution in [2.75, 3.05) is 26.2 Å². The van der Waals surface area contributed by atoms with Gasteiger partial charge in [-0.05, 0) is 19.5 Å². The van der Waals surface area contributed by atoms with E-state index in [4.69, 9.17) is 9.52 Å². The van der Waals surface area contributed by atoms with Gasteiger partial charge in [-0.25, -0.2) is 0 Å². The third-order valence-electron chi connectivity index (χ3n) is 2.82. The second kappa shape index (κ2) is 8.08. The molecule has 1 rings (SSSR count). The highest BCUT2D eigenvalue weighted by atomic mass is 16.3. The largest absolute Gasteiger partial charge is 0.465 e. The van der Waals surface area contributed by atoms with E-state index in [9.17, 15) is 0 Å². The molecule has 1 aromatic rings. The van der Waals surface area contributed by atoms with Crippen molar-refractivity contribution in [3.63, 3.8) is 0 Å². The Balaban J connectivity index is 2.63. The van der Waals surface area contributed by atoms with E-state index in [1.165, 1.54) is 5.56 Å². The SMILES string of the molecule is C=CCN(CCO)Cc1cc(CNCC)oc1C. The molecule has 4 nitrogen and oxygen atoms in total. The Labute approximate surface area is 109 Å². The van der Waals surface area contributed by atoms with Gasteiger partial charge in [-0.15, -0.1) is 6.58 Å². The number of nitrogens with zero attached hydrogens (tertiary/aromatic N) is 1. The molecule has 102 valence electrons. The van der Waals surface area contributed by atoms with E-state index in [0.717, 1.165) is 37.7 Å². The molecule has 0 atom stereocenters. The van der Waals surface area contributed by atoms with Gasteiger partial charge in [0.1, 0.15) is 11.5 Å². The molecule has 0 spiro atoms. The molecular weight excluding hydrogens is 228 g/mol. The van der Waals surface area contributed by atoms with Gasteiger partial charge in [0.05, 0.1) is 13.2 Å². The maximum absolute atomic E-state index is 9.02. The smallest absolute Gasteiger partial charge is 0.118 e. The second-order valence-corrected chi connectivity index (χ2v) is 4.32. The van der Waals surface area contributed by atoms with Gasteiger partial charge in [0.2, 0.25) is 0 Å². The van der Waals surface area contributed by atoms with Crippen LogP contribution in [-0.2, 0) is 13.1 Å². The van der Waals surface area contributed by atoms with Crippen LogP contribution in [0.1, 0.15) is 24.0 Å². The zero-order valence-electron chi connectivity index (χ0n) is 11.4. The third kappa shape index (κ3) is 4.64. The minimum Gasteiger partial charge on any atom is -0.465 e. The minimum absolute atomic E-state index is 0.162. The fourth-order valence-corrected chi connectivity index (χ4v) is 1.88. The van der Waals surface area contributed by atoms with Crippen LogP contribution in [0.4, 0.5) is 0 Å². The van der Waals surface area contributed by atoms with E-state index in [1.807, 2.05) is 13.0 Å². The van der Waals surface area contributed by atoms with Crippen LogP contribution in [0, 0.1) is 6.92 Å². The summed E-state index contributed by atoms with van der Waals surface area (Å²) in [4.78, 5) is 2.14. The van der Waals surface area contributed by atoms with Crippen LogP contribution in [-0.4, -0.2) is 36.2 Å². The summed E-state index contributed by atoms with van der Waals surface area (Å²) in [5.41, 5.74) is 1.18. The van der Waals surface area contributed by atoms with E-state index in [-0.39, 0.29) is 6.61 Å². The lowest BCUT2D eigenvalue weighted by molar-refractivity contribution is 0.203. The van der Waals surface area contributed by atoms with Crippen molar-refractivity contribution >= 4 is 0 Å². The Hall–Kier alpha value is -1.10. The Bertz CT molecular complexity index is 361. The van der Waals surface area contributed by atoms with Gasteiger partial charge in [0.25, 0.3) is 0 Å². The number of hydrogen-bond acceptors (Lipinski definition) is 4. The highest BCUT2D eigenvalue weighted by Gasteiger charge is 2.10. The van der Waals surface area contributed by atoms with Crippen LogP contribution in [0.3, 0.4) is 0 Å². The lowest BCUT2D eigenvalue weighted by atomic mass is 10.2. The second-order valence-electron chi connectivity index (χ2n) is 4.32. The van der Waals surface area contributed by atoms with E-state index in [0.29, 0.717) is 6.54 Å². The van der Waals surface area contributed by atoms with Crippen LogP contribution in [0.15, 0.2) is 23.1 Å². The number of rotatable bonds is 9. The molecular formula is C14H24N2O2. The van der Waals surface area contributed by atoms with Crippen LogP contribution in [0.25, 0.3) is 0 Å². The van der Waals surface area contributed by atoms with Crippen molar-refractivity contribution < 1.29 is 9.52 Å². The zero-order valence-corrected chi connectivity index (χ0v) is 11.4. The summed E-state index contributed by atoms with van der Waals surface area (Å²) in [6, 6.07) is 2.09. The van der Waals surface area contributed by atoms with Crippen molar-refractivity contribution in [1.29, 1.82) is 0 Å².